The van der Waals surface area contributed by atoms with Gasteiger partial charge in [0.15, 0.2) is 0 Å². The van der Waals surface area contributed by atoms with Gasteiger partial charge in [-0.1, -0.05) is 31.5 Å². The predicted molar refractivity (Wildman–Crippen MR) is 58.1 cm³/mol. The summed E-state index contributed by atoms with van der Waals surface area (Å²) in [6.07, 6.45) is 0. The summed E-state index contributed by atoms with van der Waals surface area (Å²) in [6, 6.07) is 5.21. The van der Waals surface area contributed by atoms with Gasteiger partial charge in [-0.15, -0.1) is 0 Å². The molecular weight excluding hydrogens is 196 g/mol. The molecule has 84 valence electrons. The molecular formula is C12H17F2N. The molecule has 0 bridgehead atoms. The summed E-state index contributed by atoms with van der Waals surface area (Å²) < 4.78 is 26.6. The maximum atomic E-state index is 13.3. The van der Waals surface area contributed by atoms with E-state index in [4.69, 9.17) is 0 Å². The van der Waals surface area contributed by atoms with Gasteiger partial charge in [0.05, 0.1) is 6.54 Å². The van der Waals surface area contributed by atoms with E-state index >= 15 is 0 Å². The van der Waals surface area contributed by atoms with Crippen LogP contribution in [0.3, 0.4) is 0 Å². The van der Waals surface area contributed by atoms with Crippen molar-refractivity contribution in [1.82, 2.24) is 5.32 Å². The lowest BCUT2D eigenvalue weighted by atomic mass is 9.96. The minimum Gasteiger partial charge on any atom is -0.307 e. The van der Waals surface area contributed by atoms with Crippen LogP contribution in [-0.2, 0) is 12.5 Å². The van der Waals surface area contributed by atoms with Crippen molar-refractivity contribution >= 4 is 0 Å². The van der Waals surface area contributed by atoms with E-state index in [0.717, 1.165) is 5.56 Å². The second-order valence-corrected chi connectivity index (χ2v) is 3.47. The first-order chi connectivity index (χ1) is 7.09. The Labute approximate surface area is 89.5 Å². The highest BCUT2D eigenvalue weighted by molar-refractivity contribution is 5.36. The number of alkyl halides is 2. The van der Waals surface area contributed by atoms with E-state index in [1.165, 1.54) is 0 Å². The van der Waals surface area contributed by atoms with Gasteiger partial charge in [0.1, 0.15) is 0 Å². The number of halogens is 2. The quantitative estimate of drug-likeness (QED) is 0.697. The molecule has 1 heterocycles. The van der Waals surface area contributed by atoms with Gasteiger partial charge in [0.25, 0.3) is 5.92 Å². The third kappa shape index (κ3) is 2.53. The van der Waals surface area contributed by atoms with Gasteiger partial charge in [0.2, 0.25) is 0 Å². The van der Waals surface area contributed by atoms with E-state index in [-0.39, 0.29) is 12.1 Å². The monoisotopic (exact) mass is 213 g/mol. The van der Waals surface area contributed by atoms with Crippen LogP contribution in [0.15, 0.2) is 18.2 Å². The number of nitrogens with one attached hydrogen (secondary N) is 1. The molecule has 2 rings (SSSR count). The van der Waals surface area contributed by atoms with Gasteiger partial charge in [0, 0.05) is 12.1 Å². The summed E-state index contributed by atoms with van der Waals surface area (Å²) in [6.45, 7) is 6.13. The van der Waals surface area contributed by atoms with Crippen molar-refractivity contribution < 1.29 is 8.78 Å². The Morgan fingerprint density at radius 2 is 1.93 bits per heavy atom. The third-order valence-corrected chi connectivity index (χ3v) is 2.32. The van der Waals surface area contributed by atoms with Gasteiger partial charge < -0.3 is 5.32 Å². The van der Waals surface area contributed by atoms with E-state index < -0.39 is 5.92 Å². The Morgan fingerprint density at radius 1 is 1.27 bits per heavy atom. The van der Waals surface area contributed by atoms with Crippen molar-refractivity contribution in [3.05, 3.63) is 34.9 Å². The minimum atomic E-state index is -2.71. The van der Waals surface area contributed by atoms with Gasteiger partial charge in [-0.3, -0.25) is 0 Å². The Kier molecular flexibility index (Phi) is 3.80. The highest BCUT2D eigenvalue weighted by atomic mass is 19.3. The molecule has 15 heavy (non-hydrogen) atoms. The molecule has 1 aliphatic heterocycles. The molecule has 0 radical (unpaired) electrons. The lowest BCUT2D eigenvalue weighted by Gasteiger charge is -2.26. The van der Waals surface area contributed by atoms with Crippen molar-refractivity contribution in [3.8, 4) is 0 Å². The van der Waals surface area contributed by atoms with Gasteiger partial charge in [-0.2, -0.15) is 8.78 Å². The first kappa shape index (κ1) is 12.1. The molecule has 1 aliphatic rings. The zero-order valence-corrected chi connectivity index (χ0v) is 9.40. The largest absolute Gasteiger partial charge is 0.307 e. The Hall–Kier alpha value is -0.960. The molecule has 0 fully saturated rings. The fraction of sp³-hybridized carbons (Fsp3) is 0.500. The number of aryl methyl sites for hydroxylation is 1. The summed E-state index contributed by atoms with van der Waals surface area (Å²) in [4.78, 5) is 0. The summed E-state index contributed by atoms with van der Waals surface area (Å²) in [5.41, 5.74) is 1.79. The summed E-state index contributed by atoms with van der Waals surface area (Å²) in [5, 5.41) is 2.70. The van der Waals surface area contributed by atoms with Crippen molar-refractivity contribution in [1.29, 1.82) is 0 Å². The smallest absolute Gasteiger partial charge is 0.285 e. The number of fused-ring (bicyclic) bond motifs is 1. The van der Waals surface area contributed by atoms with Crippen molar-refractivity contribution in [3.63, 3.8) is 0 Å². The average Bonchev–Trinajstić information content (AvgIpc) is 2.22. The Morgan fingerprint density at radius 3 is 2.60 bits per heavy atom. The third-order valence-electron chi connectivity index (χ3n) is 2.32. The van der Waals surface area contributed by atoms with E-state index in [1.54, 1.807) is 12.1 Å². The Bertz CT molecular complexity index is 334. The van der Waals surface area contributed by atoms with Gasteiger partial charge in [-0.25, -0.2) is 0 Å². The maximum Gasteiger partial charge on any atom is 0.285 e. The summed E-state index contributed by atoms with van der Waals surface area (Å²) in [7, 11) is 0. The van der Waals surface area contributed by atoms with Crippen LogP contribution in [0.1, 0.15) is 30.5 Å². The molecule has 0 saturated carbocycles. The molecule has 0 amide bonds. The standard InChI is InChI=1S/C10H11F2N.C2H6/c1-7-2-3-8-5-13-6-10(11,12)9(8)4-7;1-2/h2-4,13H,5-6H2,1H3;1-2H3. The molecule has 0 atom stereocenters. The fourth-order valence-electron chi connectivity index (χ4n) is 1.63. The minimum absolute atomic E-state index is 0.186. The van der Waals surface area contributed by atoms with Crippen LogP contribution in [0, 0.1) is 6.92 Å². The van der Waals surface area contributed by atoms with Crippen molar-refractivity contribution in [2.24, 2.45) is 0 Å². The highest BCUT2D eigenvalue weighted by Crippen LogP contribution is 2.33. The summed E-state index contributed by atoms with van der Waals surface area (Å²) >= 11 is 0. The molecule has 1 nitrogen and oxygen atoms in total. The molecule has 0 aliphatic carbocycles. The van der Waals surface area contributed by atoms with E-state index in [9.17, 15) is 8.78 Å². The molecule has 0 spiro atoms. The number of benzene rings is 1. The topological polar surface area (TPSA) is 12.0 Å². The molecule has 0 saturated heterocycles. The zero-order chi connectivity index (χ0) is 11.5. The molecule has 3 heteroatoms. The van der Waals surface area contributed by atoms with Crippen molar-refractivity contribution in [2.75, 3.05) is 6.54 Å². The van der Waals surface area contributed by atoms with Crippen molar-refractivity contribution in [2.45, 2.75) is 33.2 Å². The first-order valence-corrected chi connectivity index (χ1v) is 5.28. The maximum absolute atomic E-state index is 13.3. The van der Waals surface area contributed by atoms with Crippen LogP contribution in [0.2, 0.25) is 0 Å². The molecule has 0 unspecified atom stereocenters. The second-order valence-electron chi connectivity index (χ2n) is 3.47. The molecule has 1 aromatic carbocycles. The van der Waals surface area contributed by atoms with Crippen LogP contribution in [0.25, 0.3) is 0 Å². The number of hydrogen-bond donors (Lipinski definition) is 1. The van der Waals surface area contributed by atoms with Crippen LogP contribution in [0.4, 0.5) is 8.78 Å². The van der Waals surface area contributed by atoms with E-state index in [2.05, 4.69) is 5.32 Å². The molecule has 1 N–H and O–H groups in total. The van der Waals surface area contributed by atoms with Gasteiger partial charge >= 0.3 is 0 Å². The normalized spacial score (nSPS) is 17.4. The average molecular weight is 213 g/mol. The lowest BCUT2D eigenvalue weighted by molar-refractivity contribution is -0.0108. The molecule has 1 aromatic rings. The fourth-order valence-corrected chi connectivity index (χ4v) is 1.63. The number of rotatable bonds is 0. The second kappa shape index (κ2) is 4.71. The van der Waals surface area contributed by atoms with Crippen LogP contribution in [-0.4, -0.2) is 6.54 Å². The van der Waals surface area contributed by atoms with Crippen LogP contribution in [0.5, 0.6) is 0 Å². The zero-order valence-electron chi connectivity index (χ0n) is 9.40. The summed E-state index contributed by atoms with van der Waals surface area (Å²) in [5.74, 6) is -2.71. The predicted octanol–water partition coefficient (Wildman–Crippen LogP) is 3.22. The number of hydrogen-bond acceptors (Lipinski definition) is 1. The van der Waals surface area contributed by atoms with Crippen LogP contribution < -0.4 is 5.32 Å². The first-order valence-electron chi connectivity index (χ1n) is 5.28. The van der Waals surface area contributed by atoms with E-state index in [0.29, 0.717) is 12.1 Å². The molecule has 0 aromatic heterocycles. The van der Waals surface area contributed by atoms with Gasteiger partial charge in [-0.05, 0) is 18.6 Å². The highest BCUT2D eigenvalue weighted by Gasteiger charge is 2.36. The van der Waals surface area contributed by atoms with Crippen LogP contribution >= 0.6 is 0 Å². The lowest BCUT2D eigenvalue weighted by Crippen LogP contribution is -2.36. The SMILES string of the molecule is CC.Cc1ccc2c(c1)C(F)(F)CNC2. The van der Waals surface area contributed by atoms with E-state index in [1.807, 2.05) is 26.8 Å². The Balaban J connectivity index is 0.000000531.